The first-order valence-electron chi connectivity index (χ1n) is 11.9. The average Bonchev–Trinajstić information content (AvgIpc) is 2.85. The molecule has 178 valence electrons. The Morgan fingerprint density at radius 2 is 1.83 bits per heavy atom. The van der Waals surface area contributed by atoms with E-state index < -0.39 is 11.6 Å². The second-order valence-corrected chi connectivity index (χ2v) is 9.30. The smallest absolute Gasteiger partial charge is 0.150 e. The molecule has 1 unspecified atom stereocenters. The lowest BCUT2D eigenvalue weighted by Crippen LogP contribution is -2.48. The summed E-state index contributed by atoms with van der Waals surface area (Å²) in [5.41, 5.74) is 4.24. The maximum Gasteiger partial charge on any atom is 0.150 e. The minimum absolute atomic E-state index is 0.00183. The number of halogens is 2. The molecule has 0 saturated carbocycles. The Hall–Kier alpha value is -3.65. The Morgan fingerprint density at radius 3 is 2.60 bits per heavy atom. The van der Waals surface area contributed by atoms with Crippen LogP contribution in [0.15, 0.2) is 53.4 Å². The molecule has 0 amide bonds. The van der Waals surface area contributed by atoms with E-state index in [1.807, 2.05) is 17.9 Å². The standard InChI is InChI=1S/C27H26F2N6/c1-15-5-4-6-19(28)22(15)24-20(29)14-18-26(34-11-9-30-10-12-34)32-21-13-17(3)23-25(16(2)7-8-31-23)35(21)27(18)33-24/h4-8,13-14,17,30H,9-12H2,1-3H3. The maximum absolute atomic E-state index is 15.7. The van der Waals surface area contributed by atoms with Crippen molar-refractivity contribution in [3.63, 3.8) is 0 Å². The molecule has 0 radical (unpaired) electrons. The number of rotatable bonds is 1. The predicted molar refractivity (Wildman–Crippen MR) is 133 cm³/mol. The van der Waals surface area contributed by atoms with Gasteiger partial charge in [-0.25, -0.2) is 18.8 Å². The van der Waals surface area contributed by atoms with Crippen LogP contribution in [-0.2, 0) is 0 Å². The number of nitrogens with zero attached hydrogens (tertiary/aromatic N) is 5. The van der Waals surface area contributed by atoms with Gasteiger partial charge in [0.05, 0.1) is 16.9 Å². The van der Waals surface area contributed by atoms with Crippen molar-refractivity contribution in [2.24, 2.45) is 4.99 Å². The quantitative estimate of drug-likeness (QED) is 0.551. The minimum atomic E-state index is -0.569. The second kappa shape index (κ2) is 8.23. The number of amidine groups is 1. The van der Waals surface area contributed by atoms with Gasteiger partial charge in [-0.1, -0.05) is 19.1 Å². The summed E-state index contributed by atoms with van der Waals surface area (Å²) in [5.74, 6) is 0.967. The number of anilines is 2. The first-order valence-corrected chi connectivity index (χ1v) is 11.9. The van der Waals surface area contributed by atoms with E-state index in [2.05, 4.69) is 28.2 Å². The molecule has 1 aromatic carbocycles. The van der Waals surface area contributed by atoms with E-state index in [0.717, 1.165) is 48.9 Å². The van der Waals surface area contributed by atoms with Gasteiger partial charge in [-0.15, -0.1) is 0 Å². The molecule has 2 aromatic heterocycles. The van der Waals surface area contributed by atoms with Crippen LogP contribution in [0.3, 0.4) is 0 Å². The number of allylic oxidation sites excluding steroid dienone is 1. The van der Waals surface area contributed by atoms with Gasteiger partial charge in [-0.2, -0.15) is 0 Å². The fraction of sp³-hybridized carbons (Fsp3) is 0.296. The predicted octanol–water partition coefficient (Wildman–Crippen LogP) is 4.80. The highest BCUT2D eigenvalue weighted by Crippen LogP contribution is 2.46. The Labute approximate surface area is 203 Å². The molecule has 3 aromatic rings. The largest absolute Gasteiger partial charge is 0.353 e. The lowest BCUT2D eigenvalue weighted by Gasteiger charge is -2.40. The SMILES string of the molecule is Cc1cccc(F)c1-c1nc2c(cc1F)C(N1CCNCC1)=NC1=CC(C)c3nccc(C)c3N12. The molecule has 1 fully saturated rings. The molecule has 8 heteroatoms. The number of pyridine rings is 2. The summed E-state index contributed by atoms with van der Waals surface area (Å²) in [6.07, 6.45) is 3.87. The number of piperazine rings is 1. The van der Waals surface area contributed by atoms with Crippen molar-refractivity contribution in [1.82, 2.24) is 20.2 Å². The lowest BCUT2D eigenvalue weighted by atomic mass is 9.95. The van der Waals surface area contributed by atoms with Gasteiger partial charge in [0.15, 0.2) is 5.82 Å². The number of hydrogen-bond acceptors (Lipinski definition) is 6. The van der Waals surface area contributed by atoms with Crippen molar-refractivity contribution in [3.8, 4) is 11.3 Å². The van der Waals surface area contributed by atoms with Gasteiger partial charge < -0.3 is 10.2 Å². The van der Waals surface area contributed by atoms with E-state index in [4.69, 9.17) is 9.98 Å². The maximum atomic E-state index is 15.7. The summed E-state index contributed by atoms with van der Waals surface area (Å²) in [6, 6.07) is 8.15. The molecule has 0 spiro atoms. The molecule has 0 aliphatic carbocycles. The van der Waals surface area contributed by atoms with Crippen LogP contribution in [-0.4, -0.2) is 46.9 Å². The van der Waals surface area contributed by atoms with E-state index in [0.29, 0.717) is 22.8 Å². The van der Waals surface area contributed by atoms with Crippen molar-refractivity contribution in [2.75, 3.05) is 31.1 Å². The molecule has 6 nitrogen and oxygen atoms in total. The van der Waals surface area contributed by atoms with Crippen LogP contribution in [0.2, 0.25) is 0 Å². The lowest BCUT2D eigenvalue weighted by molar-refractivity contribution is 0.357. The Morgan fingerprint density at radius 1 is 1.03 bits per heavy atom. The fourth-order valence-electron chi connectivity index (χ4n) is 5.20. The van der Waals surface area contributed by atoms with E-state index in [-0.39, 0.29) is 17.2 Å². The van der Waals surface area contributed by atoms with Crippen molar-refractivity contribution in [3.05, 3.63) is 82.4 Å². The molecule has 6 rings (SSSR count). The first kappa shape index (κ1) is 21.9. The van der Waals surface area contributed by atoms with Crippen molar-refractivity contribution >= 4 is 17.3 Å². The van der Waals surface area contributed by atoms with Crippen molar-refractivity contribution in [1.29, 1.82) is 0 Å². The number of nitrogens with one attached hydrogen (secondary N) is 1. The van der Waals surface area contributed by atoms with E-state index >= 15 is 4.39 Å². The highest BCUT2D eigenvalue weighted by Gasteiger charge is 2.37. The third-order valence-electron chi connectivity index (χ3n) is 6.94. The summed E-state index contributed by atoms with van der Waals surface area (Å²) < 4.78 is 30.6. The van der Waals surface area contributed by atoms with Crippen LogP contribution >= 0.6 is 0 Å². The minimum Gasteiger partial charge on any atom is -0.353 e. The number of aromatic nitrogens is 2. The Kier molecular flexibility index (Phi) is 5.14. The summed E-state index contributed by atoms with van der Waals surface area (Å²) in [7, 11) is 0. The number of benzene rings is 1. The van der Waals surface area contributed by atoms with E-state index in [9.17, 15) is 4.39 Å². The Bertz CT molecular complexity index is 1390. The molecule has 1 atom stereocenters. The fourth-order valence-corrected chi connectivity index (χ4v) is 5.20. The van der Waals surface area contributed by atoms with Crippen LogP contribution in [0.1, 0.15) is 35.2 Å². The van der Waals surface area contributed by atoms with Gasteiger partial charge in [0, 0.05) is 43.9 Å². The summed E-state index contributed by atoms with van der Waals surface area (Å²) in [5, 5.41) is 3.35. The third kappa shape index (κ3) is 3.43. The van der Waals surface area contributed by atoms with Gasteiger partial charge in [0.25, 0.3) is 0 Å². The zero-order valence-electron chi connectivity index (χ0n) is 19.9. The van der Waals surface area contributed by atoms with Gasteiger partial charge in [-0.05, 0) is 49.2 Å². The third-order valence-corrected chi connectivity index (χ3v) is 6.94. The summed E-state index contributed by atoms with van der Waals surface area (Å²) in [4.78, 5) is 18.6. The normalized spacial score (nSPS) is 18.9. The van der Waals surface area contributed by atoms with Gasteiger partial charge >= 0.3 is 0 Å². The summed E-state index contributed by atoms with van der Waals surface area (Å²) >= 11 is 0. The van der Waals surface area contributed by atoms with Crippen LogP contribution in [0.4, 0.5) is 20.3 Å². The van der Waals surface area contributed by atoms with Crippen LogP contribution in [0, 0.1) is 25.5 Å². The second-order valence-electron chi connectivity index (χ2n) is 9.30. The van der Waals surface area contributed by atoms with E-state index in [1.54, 1.807) is 25.3 Å². The van der Waals surface area contributed by atoms with Crippen LogP contribution in [0.25, 0.3) is 11.3 Å². The van der Waals surface area contributed by atoms with Gasteiger partial charge in [0.1, 0.15) is 29.0 Å². The summed E-state index contributed by atoms with van der Waals surface area (Å²) in [6.45, 7) is 9.05. The zero-order valence-corrected chi connectivity index (χ0v) is 19.9. The topological polar surface area (TPSA) is 56.7 Å². The van der Waals surface area contributed by atoms with Crippen molar-refractivity contribution in [2.45, 2.75) is 26.7 Å². The highest BCUT2D eigenvalue weighted by molar-refractivity contribution is 6.07. The molecule has 5 heterocycles. The average molecular weight is 473 g/mol. The van der Waals surface area contributed by atoms with Gasteiger partial charge in [-0.3, -0.25) is 9.88 Å². The molecular weight excluding hydrogens is 446 g/mol. The zero-order chi connectivity index (χ0) is 24.3. The number of hydrogen-bond donors (Lipinski definition) is 1. The number of fused-ring (bicyclic) bond motifs is 5. The molecule has 3 aliphatic heterocycles. The highest BCUT2D eigenvalue weighted by atomic mass is 19.1. The molecular formula is C27H26F2N6. The van der Waals surface area contributed by atoms with Crippen molar-refractivity contribution < 1.29 is 8.78 Å². The molecule has 3 aliphatic rings. The molecule has 1 N–H and O–H groups in total. The van der Waals surface area contributed by atoms with E-state index in [1.165, 1.54) is 12.1 Å². The van der Waals surface area contributed by atoms with Gasteiger partial charge in [0.2, 0.25) is 0 Å². The molecule has 1 saturated heterocycles. The van der Waals surface area contributed by atoms with Crippen LogP contribution < -0.4 is 10.2 Å². The number of aryl methyl sites for hydroxylation is 2. The Balaban J connectivity index is 1.63. The monoisotopic (exact) mass is 472 g/mol. The molecule has 35 heavy (non-hydrogen) atoms. The van der Waals surface area contributed by atoms with Crippen LogP contribution in [0.5, 0.6) is 0 Å². The first-order chi connectivity index (χ1) is 16.9. The molecule has 0 bridgehead atoms. The number of aliphatic imine (C=N–C) groups is 1.